The lowest BCUT2D eigenvalue weighted by atomic mass is 10.1. The highest BCUT2D eigenvalue weighted by molar-refractivity contribution is 6.39. The van der Waals surface area contributed by atoms with Gasteiger partial charge in [0.05, 0.1) is 21.8 Å². The van der Waals surface area contributed by atoms with Crippen LogP contribution in [-0.2, 0) is 0 Å². The van der Waals surface area contributed by atoms with E-state index in [1.54, 1.807) is 31.2 Å². The highest BCUT2D eigenvalue weighted by atomic mass is 35.5. The number of amides is 1. The van der Waals surface area contributed by atoms with E-state index in [1.807, 2.05) is 0 Å². The van der Waals surface area contributed by atoms with Gasteiger partial charge in [-0.3, -0.25) is 4.79 Å². The molecule has 4 nitrogen and oxygen atoms in total. The van der Waals surface area contributed by atoms with Crippen molar-refractivity contribution in [3.05, 3.63) is 57.6 Å². The number of carbonyl (C=O) groups is 1. The molecule has 0 saturated carbocycles. The number of carbonyl (C=O) groups excluding carboxylic acids is 1. The molecule has 2 aromatic rings. The van der Waals surface area contributed by atoms with Crippen LogP contribution in [-0.4, -0.2) is 11.0 Å². The number of hydrogen-bond donors (Lipinski definition) is 3. The standard InChI is InChI=1S/C15H14Cl2N2O2/c1-8(20)10-4-2-3-5-13(10)19-15(21)9-6-11(16)14(18)12(17)7-9/h2-8,20H,18H2,1H3,(H,19,21). The van der Waals surface area contributed by atoms with Crippen LogP contribution in [0.15, 0.2) is 36.4 Å². The van der Waals surface area contributed by atoms with Crippen molar-refractivity contribution in [2.45, 2.75) is 13.0 Å². The number of nitrogen functional groups attached to an aromatic ring is 1. The number of nitrogens with one attached hydrogen (secondary N) is 1. The SMILES string of the molecule is CC(O)c1ccccc1NC(=O)c1cc(Cl)c(N)c(Cl)c1. The molecule has 0 spiro atoms. The third-order valence-corrected chi connectivity index (χ3v) is 3.63. The third kappa shape index (κ3) is 3.47. The molecule has 2 rings (SSSR count). The van der Waals surface area contributed by atoms with E-state index >= 15 is 0 Å². The van der Waals surface area contributed by atoms with Crippen molar-refractivity contribution in [3.8, 4) is 0 Å². The number of nitrogens with two attached hydrogens (primary N) is 1. The summed E-state index contributed by atoms with van der Waals surface area (Å²) in [4.78, 5) is 12.3. The lowest BCUT2D eigenvalue weighted by Gasteiger charge is -2.13. The van der Waals surface area contributed by atoms with Crippen LogP contribution in [0.1, 0.15) is 28.9 Å². The Balaban J connectivity index is 2.31. The molecule has 0 aromatic heterocycles. The first-order valence-electron chi connectivity index (χ1n) is 6.23. The van der Waals surface area contributed by atoms with Crippen LogP contribution in [0.5, 0.6) is 0 Å². The van der Waals surface area contributed by atoms with Crippen molar-refractivity contribution in [1.82, 2.24) is 0 Å². The van der Waals surface area contributed by atoms with Gasteiger partial charge < -0.3 is 16.2 Å². The van der Waals surface area contributed by atoms with Gasteiger partial charge in [0.1, 0.15) is 0 Å². The minimum atomic E-state index is -0.694. The van der Waals surface area contributed by atoms with Crippen LogP contribution in [0.25, 0.3) is 0 Å². The molecule has 0 aliphatic carbocycles. The molecular formula is C15H14Cl2N2O2. The van der Waals surface area contributed by atoms with Gasteiger partial charge in [0.25, 0.3) is 5.91 Å². The summed E-state index contributed by atoms with van der Waals surface area (Å²) in [6, 6.07) is 9.90. The van der Waals surface area contributed by atoms with E-state index in [0.717, 1.165) is 0 Å². The fraction of sp³-hybridized carbons (Fsp3) is 0.133. The number of hydrogen-bond acceptors (Lipinski definition) is 3. The minimum absolute atomic E-state index is 0.219. The Hall–Kier alpha value is -1.75. The monoisotopic (exact) mass is 324 g/mol. The predicted molar refractivity (Wildman–Crippen MR) is 85.9 cm³/mol. The number of aliphatic hydroxyl groups excluding tert-OH is 1. The smallest absolute Gasteiger partial charge is 0.255 e. The van der Waals surface area contributed by atoms with Crippen LogP contribution in [0.3, 0.4) is 0 Å². The second-order valence-corrected chi connectivity index (χ2v) is 5.39. The lowest BCUT2D eigenvalue weighted by Crippen LogP contribution is -2.14. The van der Waals surface area contributed by atoms with Crippen LogP contribution >= 0.6 is 23.2 Å². The Morgan fingerprint density at radius 1 is 1.24 bits per heavy atom. The third-order valence-electron chi connectivity index (χ3n) is 3.00. The zero-order valence-corrected chi connectivity index (χ0v) is 12.7. The quantitative estimate of drug-likeness (QED) is 0.750. The van der Waals surface area contributed by atoms with Crippen molar-refractivity contribution in [2.24, 2.45) is 0 Å². The van der Waals surface area contributed by atoms with Crippen LogP contribution in [0.2, 0.25) is 10.0 Å². The second-order valence-electron chi connectivity index (χ2n) is 4.57. The molecule has 1 unspecified atom stereocenters. The normalized spacial score (nSPS) is 12.0. The Bertz CT molecular complexity index is 664. The summed E-state index contributed by atoms with van der Waals surface area (Å²) in [5.74, 6) is -0.383. The molecule has 2 aromatic carbocycles. The van der Waals surface area contributed by atoms with E-state index in [1.165, 1.54) is 12.1 Å². The maximum atomic E-state index is 12.3. The van der Waals surface area contributed by atoms with Gasteiger partial charge >= 0.3 is 0 Å². The Morgan fingerprint density at radius 2 is 1.81 bits per heavy atom. The van der Waals surface area contributed by atoms with E-state index in [9.17, 15) is 9.90 Å². The minimum Gasteiger partial charge on any atom is -0.396 e. The molecular weight excluding hydrogens is 311 g/mol. The number of aliphatic hydroxyl groups is 1. The van der Waals surface area contributed by atoms with Gasteiger partial charge in [-0.2, -0.15) is 0 Å². The zero-order valence-electron chi connectivity index (χ0n) is 11.2. The van der Waals surface area contributed by atoms with Crippen molar-refractivity contribution < 1.29 is 9.90 Å². The van der Waals surface area contributed by atoms with Crippen molar-refractivity contribution in [3.63, 3.8) is 0 Å². The number of halogens is 2. The van der Waals surface area contributed by atoms with Gasteiger partial charge in [-0.1, -0.05) is 41.4 Å². The summed E-state index contributed by atoms with van der Waals surface area (Å²) in [6.07, 6.45) is -0.694. The number of anilines is 2. The first-order valence-corrected chi connectivity index (χ1v) is 6.98. The van der Waals surface area contributed by atoms with Crippen LogP contribution < -0.4 is 11.1 Å². The molecule has 0 saturated heterocycles. The van der Waals surface area contributed by atoms with E-state index in [2.05, 4.69) is 5.32 Å². The maximum Gasteiger partial charge on any atom is 0.255 e. The molecule has 1 amide bonds. The van der Waals surface area contributed by atoms with Crippen molar-refractivity contribution in [1.29, 1.82) is 0 Å². The molecule has 4 N–H and O–H groups in total. The summed E-state index contributed by atoms with van der Waals surface area (Å²) in [6.45, 7) is 1.63. The molecule has 21 heavy (non-hydrogen) atoms. The number of para-hydroxylation sites is 1. The maximum absolute atomic E-state index is 12.3. The topological polar surface area (TPSA) is 75.3 Å². The van der Waals surface area contributed by atoms with Crippen LogP contribution in [0.4, 0.5) is 11.4 Å². The molecule has 0 heterocycles. The van der Waals surface area contributed by atoms with E-state index in [-0.39, 0.29) is 21.6 Å². The van der Waals surface area contributed by atoms with Gasteiger partial charge in [0, 0.05) is 16.8 Å². The Morgan fingerprint density at radius 3 is 2.38 bits per heavy atom. The van der Waals surface area contributed by atoms with Gasteiger partial charge in [0.2, 0.25) is 0 Å². The molecule has 0 aliphatic rings. The summed E-state index contributed by atoms with van der Waals surface area (Å²) in [7, 11) is 0. The largest absolute Gasteiger partial charge is 0.396 e. The van der Waals surface area contributed by atoms with Crippen molar-refractivity contribution in [2.75, 3.05) is 11.1 Å². The van der Waals surface area contributed by atoms with E-state index in [0.29, 0.717) is 16.8 Å². The van der Waals surface area contributed by atoms with Gasteiger partial charge in [0.15, 0.2) is 0 Å². The fourth-order valence-corrected chi connectivity index (χ4v) is 2.37. The number of rotatable bonds is 3. The van der Waals surface area contributed by atoms with E-state index < -0.39 is 6.10 Å². The van der Waals surface area contributed by atoms with Gasteiger partial charge in [-0.05, 0) is 25.1 Å². The fourth-order valence-electron chi connectivity index (χ4n) is 1.89. The average Bonchev–Trinajstić information content (AvgIpc) is 2.44. The lowest BCUT2D eigenvalue weighted by molar-refractivity contribution is 0.102. The molecule has 0 bridgehead atoms. The highest BCUT2D eigenvalue weighted by Gasteiger charge is 2.14. The number of benzene rings is 2. The Kier molecular flexibility index (Phi) is 4.73. The molecule has 6 heteroatoms. The second kappa shape index (κ2) is 6.35. The zero-order chi connectivity index (χ0) is 15.6. The average molecular weight is 325 g/mol. The molecule has 110 valence electrons. The van der Waals surface area contributed by atoms with Gasteiger partial charge in [-0.15, -0.1) is 0 Å². The van der Waals surface area contributed by atoms with Crippen LogP contribution in [0, 0.1) is 0 Å². The predicted octanol–water partition coefficient (Wildman–Crippen LogP) is 3.88. The summed E-state index contributed by atoms with van der Waals surface area (Å²) in [5.41, 5.74) is 7.32. The van der Waals surface area contributed by atoms with Crippen molar-refractivity contribution >= 4 is 40.5 Å². The van der Waals surface area contributed by atoms with Gasteiger partial charge in [-0.25, -0.2) is 0 Å². The molecule has 1 atom stereocenters. The summed E-state index contributed by atoms with van der Waals surface area (Å²) >= 11 is 11.8. The molecule has 0 radical (unpaired) electrons. The summed E-state index contributed by atoms with van der Waals surface area (Å²) in [5, 5.41) is 12.9. The first kappa shape index (κ1) is 15.6. The molecule has 0 aliphatic heterocycles. The van der Waals surface area contributed by atoms with E-state index in [4.69, 9.17) is 28.9 Å². The Labute approximate surface area is 132 Å². The highest BCUT2D eigenvalue weighted by Crippen LogP contribution is 2.29. The first-order chi connectivity index (χ1) is 9.90. The molecule has 0 fully saturated rings. The summed E-state index contributed by atoms with van der Waals surface area (Å²) < 4.78 is 0.